The van der Waals surface area contributed by atoms with Gasteiger partial charge in [0.1, 0.15) is 17.2 Å². The lowest BCUT2D eigenvalue weighted by atomic mass is 10.0. The predicted molar refractivity (Wildman–Crippen MR) is 100 cm³/mol. The number of para-hydroxylation sites is 1. The molecule has 0 atom stereocenters. The molecule has 0 bridgehead atoms. The molecule has 140 valence electrons. The van der Waals surface area contributed by atoms with Gasteiger partial charge in [-0.2, -0.15) is 0 Å². The van der Waals surface area contributed by atoms with E-state index in [0.717, 1.165) is 18.7 Å². The first-order valence-electron chi connectivity index (χ1n) is 8.89. The number of nitrogens with zero attached hydrogens (tertiary/aromatic N) is 1. The number of benzene rings is 2. The van der Waals surface area contributed by atoms with E-state index in [1.54, 1.807) is 25.3 Å². The Bertz CT molecular complexity index is 899. The van der Waals surface area contributed by atoms with E-state index in [9.17, 15) is 9.90 Å². The normalized spacial score (nSPS) is 18.4. The minimum absolute atomic E-state index is 0.131. The quantitative estimate of drug-likeness (QED) is 0.838. The first-order valence-corrected chi connectivity index (χ1v) is 8.89. The van der Waals surface area contributed by atoms with Gasteiger partial charge in [0.2, 0.25) is 5.78 Å². The SMILES string of the molecule is COc1ccccc1/C=C1\Oc2c(ccc(O)c2CN2CCOCC2)C1=O. The summed E-state index contributed by atoms with van der Waals surface area (Å²) in [4.78, 5) is 15.0. The molecule has 0 amide bonds. The maximum Gasteiger partial charge on any atom is 0.231 e. The van der Waals surface area contributed by atoms with E-state index in [2.05, 4.69) is 4.90 Å². The van der Waals surface area contributed by atoms with Crippen molar-refractivity contribution in [1.82, 2.24) is 4.90 Å². The topological polar surface area (TPSA) is 68.2 Å². The van der Waals surface area contributed by atoms with Crippen LogP contribution in [-0.4, -0.2) is 49.2 Å². The van der Waals surface area contributed by atoms with Gasteiger partial charge in [-0.15, -0.1) is 0 Å². The van der Waals surface area contributed by atoms with E-state index in [1.807, 2.05) is 24.3 Å². The lowest BCUT2D eigenvalue weighted by molar-refractivity contribution is 0.0336. The van der Waals surface area contributed by atoms with Crippen molar-refractivity contribution in [2.24, 2.45) is 0 Å². The number of phenols is 1. The highest BCUT2D eigenvalue weighted by Crippen LogP contribution is 2.40. The summed E-state index contributed by atoms with van der Waals surface area (Å²) in [5.41, 5.74) is 1.86. The van der Waals surface area contributed by atoms with Crippen LogP contribution in [0.25, 0.3) is 6.08 Å². The zero-order valence-corrected chi connectivity index (χ0v) is 15.1. The predicted octanol–water partition coefficient (Wildman–Crippen LogP) is 2.85. The minimum atomic E-state index is -0.195. The number of methoxy groups -OCH3 is 1. The van der Waals surface area contributed by atoms with Crippen molar-refractivity contribution in [3.05, 3.63) is 58.8 Å². The lowest BCUT2D eigenvalue weighted by Crippen LogP contribution is -2.35. The van der Waals surface area contributed by atoms with E-state index in [4.69, 9.17) is 14.2 Å². The third-order valence-electron chi connectivity index (χ3n) is 4.83. The van der Waals surface area contributed by atoms with Crippen LogP contribution in [0.5, 0.6) is 17.2 Å². The fraction of sp³-hybridized carbons (Fsp3) is 0.286. The van der Waals surface area contributed by atoms with Gasteiger partial charge in [-0.25, -0.2) is 0 Å². The second-order valence-electron chi connectivity index (χ2n) is 6.51. The molecule has 4 rings (SSSR count). The summed E-state index contributed by atoms with van der Waals surface area (Å²) in [7, 11) is 1.59. The van der Waals surface area contributed by atoms with Crippen LogP contribution in [0.2, 0.25) is 0 Å². The Balaban J connectivity index is 1.67. The van der Waals surface area contributed by atoms with E-state index in [1.165, 1.54) is 0 Å². The van der Waals surface area contributed by atoms with Crippen LogP contribution in [0.3, 0.4) is 0 Å². The van der Waals surface area contributed by atoms with Crippen molar-refractivity contribution in [3.63, 3.8) is 0 Å². The third-order valence-corrected chi connectivity index (χ3v) is 4.83. The number of hydrogen-bond donors (Lipinski definition) is 1. The van der Waals surface area contributed by atoms with Crippen molar-refractivity contribution < 1.29 is 24.1 Å². The molecule has 0 radical (unpaired) electrons. The van der Waals surface area contributed by atoms with Crippen molar-refractivity contribution in [2.45, 2.75) is 6.54 Å². The first-order chi connectivity index (χ1) is 13.2. The Kier molecular flexibility index (Phi) is 4.83. The summed E-state index contributed by atoms with van der Waals surface area (Å²) in [5.74, 6) is 1.26. The number of carbonyl (C=O) groups is 1. The van der Waals surface area contributed by atoms with Crippen LogP contribution in [0.15, 0.2) is 42.2 Å². The molecule has 0 saturated carbocycles. The van der Waals surface area contributed by atoms with Crippen LogP contribution in [0.4, 0.5) is 0 Å². The number of hydrogen-bond acceptors (Lipinski definition) is 6. The summed E-state index contributed by atoms with van der Waals surface area (Å²) in [6.07, 6.45) is 1.68. The zero-order chi connectivity index (χ0) is 18.8. The van der Waals surface area contributed by atoms with Crippen LogP contribution in [0, 0.1) is 0 Å². The largest absolute Gasteiger partial charge is 0.507 e. The Labute approximate surface area is 157 Å². The van der Waals surface area contributed by atoms with Crippen molar-refractivity contribution >= 4 is 11.9 Å². The second-order valence-corrected chi connectivity index (χ2v) is 6.51. The van der Waals surface area contributed by atoms with Crippen LogP contribution < -0.4 is 9.47 Å². The second kappa shape index (κ2) is 7.42. The van der Waals surface area contributed by atoms with Crippen LogP contribution in [0.1, 0.15) is 21.5 Å². The van der Waals surface area contributed by atoms with Crippen molar-refractivity contribution in [1.29, 1.82) is 0 Å². The number of allylic oxidation sites excluding steroid dienone is 1. The molecule has 0 aromatic heterocycles. The molecule has 2 aliphatic heterocycles. The maximum absolute atomic E-state index is 12.8. The van der Waals surface area contributed by atoms with E-state index in [0.29, 0.717) is 42.4 Å². The van der Waals surface area contributed by atoms with Gasteiger partial charge in [0.05, 0.1) is 31.5 Å². The maximum atomic E-state index is 12.8. The number of rotatable bonds is 4. The molecule has 2 aliphatic rings. The molecule has 1 saturated heterocycles. The first kappa shape index (κ1) is 17.6. The van der Waals surface area contributed by atoms with Gasteiger partial charge < -0.3 is 19.3 Å². The summed E-state index contributed by atoms with van der Waals surface area (Å²) in [6.45, 7) is 3.39. The number of Topliss-reactive ketones (excluding diaryl/α,β-unsaturated/α-hetero) is 1. The highest BCUT2D eigenvalue weighted by molar-refractivity contribution is 6.15. The molecule has 0 aliphatic carbocycles. The Morgan fingerprint density at radius 1 is 1.19 bits per heavy atom. The average Bonchev–Trinajstić information content (AvgIpc) is 3.01. The molecule has 27 heavy (non-hydrogen) atoms. The van der Waals surface area contributed by atoms with Gasteiger partial charge in [-0.3, -0.25) is 9.69 Å². The highest BCUT2D eigenvalue weighted by Gasteiger charge is 2.32. The number of ether oxygens (including phenoxy) is 3. The zero-order valence-electron chi connectivity index (χ0n) is 15.1. The molecule has 1 fully saturated rings. The van der Waals surface area contributed by atoms with Crippen LogP contribution in [-0.2, 0) is 11.3 Å². The summed E-state index contributed by atoms with van der Waals surface area (Å²) in [5, 5.41) is 10.4. The van der Waals surface area contributed by atoms with E-state index < -0.39 is 0 Å². The number of morpholine rings is 1. The molecular weight excluding hydrogens is 346 g/mol. The number of phenolic OH excluding ortho intramolecular Hbond substituents is 1. The van der Waals surface area contributed by atoms with Gasteiger partial charge >= 0.3 is 0 Å². The number of ketones is 1. The highest BCUT2D eigenvalue weighted by atomic mass is 16.5. The van der Waals surface area contributed by atoms with Crippen molar-refractivity contribution in [2.75, 3.05) is 33.4 Å². The Morgan fingerprint density at radius 2 is 1.96 bits per heavy atom. The van der Waals surface area contributed by atoms with Crippen LogP contribution >= 0.6 is 0 Å². The molecule has 6 nitrogen and oxygen atoms in total. The van der Waals surface area contributed by atoms with Gasteiger partial charge in [-0.05, 0) is 24.3 Å². The Morgan fingerprint density at radius 3 is 2.74 bits per heavy atom. The smallest absolute Gasteiger partial charge is 0.231 e. The van der Waals surface area contributed by atoms with Gasteiger partial charge in [0.25, 0.3) is 0 Å². The average molecular weight is 367 g/mol. The molecule has 2 aromatic rings. The summed E-state index contributed by atoms with van der Waals surface area (Å²) < 4.78 is 16.6. The van der Waals surface area contributed by atoms with Gasteiger partial charge in [0, 0.05) is 25.2 Å². The van der Waals surface area contributed by atoms with Gasteiger partial charge in [0.15, 0.2) is 5.76 Å². The molecule has 2 heterocycles. The third kappa shape index (κ3) is 3.41. The standard InChI is InChI=1S/C21H21NO5/c1-25-18-5-3-2-4-14(18)12-19-20(24)15-6-7-17(23)16(21(15)27-19)13-22-8-10-26-11-9-22/h2-7,12,23H,8-11,13H2,1H3/b19-12-. The van der Waals surface area contributed by atoms with E-state index in [-0.39, 0.29) is 17.3 Å². The molecular formula is C21H21NO5. The van der Waals surface area contributed by atoms with Crippen molar-refractivity contribution in [3.8, 4) is 17.2 Å². The molecule has 0 spiro atoms. The number of carbonyl (C=O) groups excluding carboxylic acids is 1. The molecule has 0 unspecified atom stereocenters. The molecule has 2 aromatic carbocycles. The fourth-order valence-electron chi connectivity index (χ4n) is 3.36. The summed E-state index contributed by atoms with van der Waals surface area (Å²) >= 11 is 0. The molecule has 1 N–H and O–H groups in total. The Hall–Kier alpha value is -2.83. The monoisotopic (exact) mass is 367 g/mol. The van der Waals surface area contributed by atoms with Gasteiger partial charge in [-0.1, -0.05) is 18.2 Å². The number of aromatic hydroxyl groups is 1. The summed E-state index contributed by atoms with van der Waals surface area (Å²) in [6, 6.07) is 10.6. The molecule has 6 heteroatoms. The van der Waals surface area contributed by atoms with E-state index >= 15 is 0 Å². The fourth-order valence-corrected chi connectivity index (χ4v) is 3.36. The lowest BCUT2D eigenvalue weighted by Gasteiger charge is -2.27. The number of fused-ring (bicyclic) bond motifs is 1. The minimum Gasteiger partial charge on any atom is -0.507 e.